The van der Waals surface area contributed by atoms with Gasteiger partial charge in [0.2, 0.25) is 5.91 Å². The van der Waals surface area contributed by atoms with Crippen LogP contribution >= 0.6 is 0 Å². The predicted molar refractivity (Wildman–Crippen MR) is 96.5 cm³/mol. The summed E-state index contributed by atoms with van der Waals surface area (Å²) in [6, 6.07) is 0.709. The lowest BCUT2D eigenvalue weighted by Gasteiger charge is -2.36. The second-order valence-electron chi connectivity index (χ2n) is 8.04. The molecule has 2 heterocycles. The lowest BCUT2D eigenvalue weighted by Crippen LogP contribution is -2.50. The minimum atomic E-state index is 0.137. The monoisotopic (exact) mass is 323 g/mol. The van der Waals surface area contributed by atoms with Gasteiger partial charge in [-0.05, 0) is 65.1 Å². The van der Waals surface area contributed by atoms with Gasteiger partial charge in [-0.15, -0.1) is 0 Å². The normalized spacial score (nSPS) is 22.3. The van der Waals surface area contributed by atoms with E-state index in [0.29, 0.717) is 11.9 Å². The molecule has 0 aliphatic carbocycles. The molecule has 4 heteroatoms. The number of nitrogens with zero attached hydrogens (tertiary/aromatic N) is 3. The number of carbonyl (C=O) groups excluding carboxylic acids is 1. The van der Waals surface area contributed by atoms with E-state index in [1.165, 1.54) is 45.3 Å². The van der Waals surface area contributed by atoms with Gasteiger partial charge >= 0.3 is 0 Å². The van der Waals surface area contributed by atoms with Crippen LogP contribution in [0.1, 0.15) is 53.4 Å². The first kappa shape index (κ1) is 18.7. The highest BCUT2D eigenvalue weighted by Crippen LogP contribution is 2.23. The highest BCUT2D eigenvalue weighted by Gasteiger charge is 2.23. The van der Waals surface area contributed by atoms with E-state index in [0.717, 1.165) is 32.1 Å². The third-order valence-corrected chi connectivity index (χ3v) is 5.64. The molecule has 4 nitrogen and oxygen atoms in total. The van der Waals surface area contributed by atoms with Crippen molar-refractivity contribution in [2.75, 3.05) is 45.8 Å². The predicted octanol–water partition coefficient (Wildman–Crippen LogP) is 2.69. The summed E-state index contributed by atoms with van der Waals surface area (Å²) in [5, 5.41) is 0. The Kier molecular flexibility index (Phi) is 7.35. The molecule has 134 valence electrons. The lowest BCUT2D eigenvalue weighted by atomic mass is 9.91. The summed E-state index contributed by atoms with van der Waals surface area (Å²) in [5.74, 6) is 1.40. The molecule has 0 atom stereocenters. The number of amides is 1. The summed E-state index contributed by atoms with van der Waals surface area (Å²) in [6.07, 6.45) is 5.48. The van der Waals surface area contributed by atoms with Crippen molar-refractivity contribution in [3.05, 3.63) is 0 Å². The van der Waals surface area contributed by atoms with Crippen molar-refractivity contribution in [3.8, 4) is 0 Å². The number of likely N-dealkylation sites (tertiary alicyclic amines) is 1. The number of rotatable bonds is 6. The van der Waals surface area contributed by atoms with Gasteiger partial charge in [-0.3, -0.25) is 9.69 Å². The Morgan fingerprint density at radius 3 is 2.09 bits per heavy atom. The molecule has 23 heavy (non-hydrogen) atoms. The van der Waals surface area contributed by atoms with Crippen molar-refractivity contribution in [2.24, 2.45) is 11.8 Å². The maximum absolute atomic E-state index is 12.0. The Labute approximate surface area is 143 Å². The molecule has 2 rings (SSSR count). The third-order valence-electron chi connectivity index (χ3n) is 5.64. The van der Waals surface area contributed by atoms with Gasteiger partial charge in [0.1, 0.15) is 0 Å². The zero-order valence-corrected chi connectivity index (χ0v) is 15.8. The van der Waals surface area contributed by atoms with Crippen LogP contribution in [0.15, 0.2) is 0 Å². The quantitative estimate of drug-likeness (QED) is 0.752. The molecule has 0 radical (unpaired) electrons. The van der Waals surface area contributed by atoms with Gasteiger partial charge in [-0.25, -0.2) is 0 Å². The standard InChI is InChI=1S/C19H37N3O/c1-16(2)19(23)22-14-12-20(13-15-22)9-5-6-18-7-10-21(11-8-18)17(3)4/h16-18H,5-15H2,1-4H3. The van der Waals surface area contributed by atoms with E-state index in [-0.39, 0.29) is 5.92 Å². The van der Waals surface area contributed by atoms with E-state index < -0.39 is 0 Å². The molecule has 0 aromatic carbocycles. The first-order chi connectivity index (χ1) is 11.0. The second-order valence-corrected chi connectivity index (χ2v) is 8.04. The minimum Gasteiger partial charge on any atom is -0.340 e. The van der Waals surface area contributed by atoms with Crippen LogP contribution in [0.2, 0.25) is 0 Å². The van der Waals surface area contributed by atoms with Crippen LogP contribution < -0.4 is 0 Å². The number of piperazine rings is 1. The van der Waals surface area contributed by atoms with Crippen LogP contribution in [0, 0.1) is 11.8 Å². The molecular weight excluding hydrogens is 286 g/mol. The van der Waals surface area contributed by atoms with Gasteiger partial charge in [0, 0.05) is 38.1 Å². The fourth-order valence-electron chi connectivity index (χ4n) is 3.92. The molecule has 0 aromatic rings. The highest BCUT2D eigenvalue weighted by atomic mass is 16.2. The smallest absolute Gasteiger partial charge is 0.225 e. The molecular formula is C19H37N3O. The van der Waals surface area contributed by atoms with E-state index >= 15 is 0 Å². The molecule has 0 aromatic heterocycles. The first-order valence-electron chi connectivity index (χ1n) is 9.72. The highest BCUT2D eigenvalue weighted by molar-refractivity contribution is 5.78. The molecule has 0 N–H and O–H groups in total. The van der Waals surface area contributed by atoms with Crippen molar-refractivity contribution in [2.45, 2.75) is 59.4 Å². The van der Waals surface area contributed by atoms with Crippen LogP contribution in [0.5, 0.6) is 0 Å². The molecule has 0 unspecified atom stereocenters. The van der Waals surface area contributed by atoms with Crippen LogP contribution in [0.3, 0.4) is 0 Å². The third kappa shape index (κ3) is 5.75. The molecule has 1 amide bonds. The van der Waals surface area contributed by atoms with E-state index in [9.17, 15) is 4.79 Å². The second kappa shape index (κ2) is 9.03. The largest absolute Gasteiger partial charge is 0.340 e. The number of carbonyl (C=O) groups is 1. The van der Waals surface area contributed by atoms with Crippen molar-refractivity contribution in [1.29, 1.82) is 0 Å². The number of hydrogen-bond donors (Lipinski definition) is 0. The summed E-state index contributed by atoms with van der Waals surface area (Å²) in [6.45, 7) is 16.4. The van der Waals surface area contributed by atoms with Crippen LogP contribution in [-0.4, -0.2) is 72.5 Å². The summed E-state index contributed by atoms with van der Waals surface area (Å²) >= 11 is 0. The van der Waals surface area contributed by atoms with Crippen molar-refractivity contribution >= 4 is 5.91 Å². The first-order valence-corrected chi connectivity index (χ1v) is 9.72. The molecule has 0 saturated carbocycles. The summed E-state index contributed by atoms with van der Waals surface area (Å²) in [5.41, 5.74) is 0. The van der Waals surface area contributed by atoms with Gasteiger partial charge < -0.3 is 9.80 Å². The average molecular weight is 324 g/mol. The van der Waals surface area contributed by atoms with Gasteiger partial charge in [0.05, 0.1) is 0 Å². The SMILES string of the molecule is CC(C)C(=O)N1CCN(CCCC2CCN(C(C)C)CC2)CC1. The minimum absolute atomic E-state index is 0.137. The van der Waals surface area contributed by atoms with Crippen molar-refractivity contribution in [1.82, 2.24) is 14.7 Å². The molecule has 0 spiro atoms. The zero-order valence-electron chi connectivity index (χ0n) is 15.8. The van der Waals surface area contributed by atoms with Crippen LogP contribution in [0.25, 0.3) is 0 Å². The molecule has 2 fully saturated rings. The van der Waals surface area contributed by atoms with Crippen LogP contribution in [-0.2, 0) is 4.79 Å². The summed E-state index contributed by atoms with van der Waals surface area (Å²) in [7, 11) is 0. The van der Waals surface area contributed by atoms with E-state index in [4.69, 9.17) is 0 Å². The van der Waals surface area contributed by atoms with E-state index in [2.05, 4.69) is 23.6 Å². The molecule has 2 aliphatic heterocycles. The van der Waals surface area contributed by atoms with E-state index in [1.807, 2.05) is 18.7 Å². The van der Waals surface area contributed by atoms with E-state index in [1.54, 1.807) is 0 Å². The summed E-state index contributed by atoms with van der Waals surface area (Å²) < 4.78 is 0. The van der Waals surface area contributed by atoms with Crippen molar-refractivity contribution in [3.63, 3.8) is 0 Å². The molecule has 0 bridgehead atoms. The lowest BCUT2D eigenvalue weighted by molar-refractivity contribution is -0.136. The van der Waals surface area contributed by atoms with Crippen molar-refractivity contribution < 1.29 is 4.79 Å². The number of piperidine rings is 1. The van der Waals surface area contributed by atoms with Gasteiger partial charge in [-0.2, -0.15) is 0 Å². The van der Waals surface area contributed by atoms with Crippen LogP contribution in [0.4, 0.5) is 0 Å². The van der Waals surface area contributed by atoms with Gasteiger partial charge in [-0.1, -0.05) is 13.8 Å². The number of hydrogen-bond acceptors (Lipinski definition) is 3. The zero-order chi connectivity index (χ0) is 16.8. The Hall–Kier alpha value is -0.610. The maximum Gasteiger partial charge on any atom is 0.225 e. The Morgan fingerprint density at radius 2 is 1.57 bits per heavy atom. The fraction of sp³-hybridized carbons (Fsp3) is 0.947. The average Bonchev–Trinajstić information content (AvgIpc) is 2.55. The molecule has 2 aliphatic rings. The topological polar surface area (TPSA) is 26.8 Å². The van der Waals surface area contributed by atoms with Gasteiger partial charge in [0.15, 0.2) is 0 Å². The Bertz CT molecular complexity index is 354. The Balaban J connectivity index is 1.57. The Morgan fingerprint density at radius 1 is 0.957 bits per heavy atom. The molecule has 2 saturated heterocycles. The van der Waals surface area contributed by atoms with Gasteiger partial charge in [0.25, 0.3) is 0 Å². The maximum atomic E-state index is 12.0. The fourth-order valence-corrected chi connectivity index (χ4v) is 3.92. The summed E-state index contributed by atoms with van der Waals surface area (Å²) in [4.78, 5) is 19.2.